The highest BCUT2D eigenvalue weighted by Crippen LogP contribution is 2.43. The maximum atomic E-state index is 13.4. The Morgan fingerprint density at radius 1 is 0.882 bits per heavy atom. The molecule has 0 bridgehead atoms. The number of ketones is 1. The number of nitrogens with zero attached hydrogens (tertiary/aromatic N) is 1. The van der Waals surface area contributed by atoms with E-state index in [0.717, 1.165) is 22.0 Å². The van der Waals surface area contributed by atoms with Crippen LogP contribution in [0.2, 0.25) is 0 Å². The maximum absolute atomic E-state index is 13.4. The molecule has 5 heteroatoms. The highest BCUT2D eigenvalue weighted by molar-refractivity contribution is 6.51. The summed E-state index contributed by atoms with van der Waals surface area (Å²) in [5, 5.41) is 12.2. The minimum Gasteiger partial charge on any atom is -0.507 e. The summed E-state index contributed by atoms with van der Waals surface area (Å²) in [6.07, 6.45) is 1.68. The fourth-order valence-electron chi connectivity index (χ4n) is 4.58. The Kier molecular flexibility index (Phi) is 5.13. The molecule has 0 saturated carbocycles. The molecule has 5 rings (SSSR count). The van der Waals surface area contributed by atoms with Crippen molar-refractivity contribution in [1.82, 2.24) is 4.98 Å². The van der Waals surface area contributed by atoms with E-state index in [1.165, 1.54) is 4.90 Å². The smallest absolute Gasteiger partial charge is 0.300 e. The molecule has 1 aliphatic rings. The number of nitrogens with one attached hydrogen (secondary N) is 1. The molecule has 3 aromatic carbocycles. The van der Waals surface area contributed by atoms with Crippen molar-refractivity contribution < 1.29 is 14.7 Å². The first-order valence-corrected chi connectivity index (χ1v) is 11.3. The van der Waals surface area contributed by atoms with E-state index < -0.39 is 17.7 Å². The van der Waals surface area contributed by atoms with E-state index in [-0.39, 0.29) is 16.7 Å². The molecule has 170 valence electrons. The molecule has 0 radical (unpaired) electrons. The van der Waals surface area contributed by atoms with Gasteiger partial charge in [0.15, 0.2) is 0 Å². The Labute approximate surface area is 198 Å². The number of anilines is 1. The molecular weight excluding hydrogens is 424 g/mol. The quantitative estimate of drug-likeness (QED) is 0.225. The zero-order valence-electron chi connectivity index (χ0n) is 19.4. The standard InChI is InChI=1S/C29H26N2O3/c1-29(2,3)19-15-13-18(14-16-19)25-24(26(32)22-17-30-23-12-8-7-11-21(22)23)27(33)28(34)31(25)20-9-5-4-6-10-20/h4-17,25,30,32H,1-3H3/b26-24-. The molecule has 1 unspecified atom stereocenters. The number of aliphatic hydroxyl groups is 1. The molecular formula is C29H26N2O3. The summed E-state index contributed by atoms with van der Waals surface area (Å²) < 4.78 is 0. The van der Waals surface area contributed by atoms with E-state index in [4.69, 9.17) is 0 Å². The number of carbonyl (C=O) groups excluding carboxylic acids is 2. The Morgan fingerprint density at radius 3 is 2.21 bits per heavy atom. The van der Waals surface area contributed by atoms with Crippen LogP contribution in [0.15, 0.2) is 90.6 Å². The van der Waals surface area contributed by atoms with Crippen molar-refractivity contribution >= 4 is 34.0 Å². The first-order valence-electron chi connectivity index (χ1n) is 11.3. The van der Waals surface area contributed by atoms with Gasteiger partial charge in [-0.15, -0.1) is 0 Å². The maximum Gasteiger partial charge on any atom is 0.300 e. The molecule has 34 heavy (non-hydrogen) atoms. The lowest BCUT2D eigenvalue weighted by Gasteiger charge is -2.26. The Balaban J connectivity index is 1.73. The number of aliphatic hydroxyl groups excluding tert-OH is 1. The van der Waals surface area contributed by atoms with Gasteiger partial charge in [0.2, 0.25) is 0 Å². The van der Waals surface area contributed by atoms with E-state index in [2.05, 4.69) is 25.8 Å². The van der Waals surface area contributed by atoms with Crippen LogP contribution in [-0.4, -0.2) is 21.8 Å². The molecule has 1 aromatic heterocycles. The van der Waals surface area contributed by atoms with Gasteiger partial charge in [0.25, 0.3) is 11.7 Å². The van der Waals surface area contributed by atoms with E-state index in [1.807, 2.05) is 66.7 Å². The second kappa shape index (κ2) is 8.03. The SMILES string of the molecule is CC(C)(C)c1ccc(C2/C(=C(/O)c3c[nH]c4ccccc34)C(=O)C(=O)N2c2ccccc2)cc1. The van der Waals surface area contributed by atoms with Gasteiger partial charge < -0.3 is 10.1 Å². The molecule has 2 heterocycles. The van der Waals surface area contributed by atoms with Gasteiger partial charge in [0.05, 0.1) is 11.6 Å². The summed E-state index contributed by atoms with van der Waals surface area (Å²) in [6, 6.07) is 23.8. The van der Waals surface area contributed by atoms with Crippen molar-refractivity contribution in [2.45, 2.75) is 32.2 Å². The number of amides is 1. The minimum atomic E-state index is -0.745. The van der Waals surface area contributed by atoms with E-state index in [9.17, 15) is 14.7 Å². The largest absolute Gasteiger partial charge is 0.507 e. The van der Waals surface area contributed by atoms with Gasteiger partial charge in [-0.1, -0.05) is 81.4 Å². The van der Waals surface area contributed by atoms with E-state index in [0.29, 0.717) is 11.3 Å². The topological polar surface area (TPSA) is 73.4 Å². The molecule has 1 amide bonds. The predicted octanol–water partition coefficient (Wildman–Crippen LogP) is 6.09. The fourth-order valence-corrected chi connectivity index (χ4v) is 4.58. The lowest BCUT2D eigenvalue weighted by Crippen LogP contribution is -2.29. The molecule has 0 aliphatic carbocycles. The molecule has 2 N–H and O–H groups in total. The lowest BCUT2D eigenvalue weighted by atomic mass is 9.85. The second-order valence-corrected chi connectivity index (χ2v) is 9.62. The highest BCUT2D eigenvalue weighted by Gasteiger charge is 2.47. The van der Waals surface area contributed by atoms with Crippen LogP contribution < -0.4 is 4.90 Å². The fraction of sp³-hybridized carbons (Fsp3) is 0.172. The third kappa shape index (κ3) is 3.50. The Hall–Kier alpha value is -4.12. The highest BCUT2D eigenvalue weighted by atomic mass is 16.3. The van der Waals surface area contributed by atoms with Crippen LogP contribution in [0.3, 0.4) is 0 Å². The number of aromatic amines is 1. The Morgan fingerprint density at radius 2 is 1.53 bits per heavy atom. The van der Waals surface area contributed by atoms with Crippen LogP contribution >= 0.6 is 0 Å². The number of carbonyl (C=O) groups is 2. The first kappa shape index (κ1) is 21.7. The average molecular weight is 451 g/mol. The zero-order chi connectivity index (χ0) is 24.0. The zero-order valence-corrected chi connectivity index (χ0v) is 19.4. The van der Waals surface area contributed by atoms with E-state index >= 15 is 0 Å². The van der Waals surface area contributed by atoms with Crippen molar-refractivity contribution in [2.24, 2.45) is 0 Å². The van der Waals surface area contributed by atoms with Crippen LogP contribution in [0.25, 0.3) is 16.7 Å². The van der Waals surface area contributed by atoms with Crippen molar-refractivity contribution in [3.8, 4) is 0 Å². The minimum absolute atomic E-state index is 0.0379. The lowest BCUT2D eigenvalue weighted by molar-refractivity contribution is -0.132. The molecule has 1 saturated heterocycles. The summed E-state index contributed by atoms with van der Waals surface area (Å²) in [4.78, 5) is 31.3. The second-order valence-electron chi connectivity index (χ2n) is 9.62. The third-order valence-electron chi connectivity index (χ3n) is 6.42. The summed E-state index contributed by atoms with van der Waals surface area (Å²) in [5.74, 6) is -1.53. The molecule has 5 nitrogen and oxygen atoms in total. The van der Waals surface area contributed by atoms with Gasteiger partial charge in [-0.05, 0) is 34.7 Å². The molecule has 1 atom stereocenters. The number of Topliss-reactive ketones (excluding diaryl/α,β-unsaturated/α-hetero) is 1. The van der Waals surface area contributed by atoms with Gasteiger partial charge in [0.1, 0.15) is 5.76 Å². The van der Waals surface area contributed by atoms with Gasteiger partial charge in [-0.3, -0.25) is 14.5 Å². The Bertz CT molecular complexity index is 1420. The van der Waals surface area contributed by atoms with Crippen molar-refractivity contribution in [2.75, 3.05) is 4.90 Å². The van der Waals surface area contributed by atoms with Gasteiger partial charge in [0, 0.05) is 28.4 Å². The monoisotopic (exact) mass is 450 g/mol. The van der Waals surface area contributed by atoms with Crippen LogP contribution in [0, 0.1) is 0 Å². The summed E-state index contributed by atoms with van der Waals surface area (Å²) >= 11 is 0. The normalized spacial score (nSPS) is 18.1. The summed E-state index contributed by atoms with van der Waals surface area (Å²) in [7, 11) is 0. The van der Waals surface area contributed by atoms with E-state index in [1.54, 1.807) is 18.3 Å². The molecule has 1 aliphatic heterocycles. The van der Waals surface area contributed by atoms with Gasteiger partial charge >= 0.3 is 0 Å². The molecule has 4 aromatic rings. The van der Waals surface area contributed by atoms with Crippen LogP contribution in [0.1, 0.15) is 43.5 Å². The molecule has 1 fully saturated rings. The van der Waals surface area contributed by atoms with Crippen molar-refractivity contribution in [3.63, 3.8) is 0 Å². The third-order valence-corrected chi connectivity index (χ3v) is 6.42. The number of H-pyrrole nitrogens is 1. The summed E-state index contributed by atoms with van der Waals surface area (Å²) in [6.45, 7) is 6.40. The average Bonchev–Trinajstić information content (AvgIpc) is 3.38. The number of hydrogen-bond donors (Lipinski definition) is 2. The number of benzene rings is 3. The number of aromatic nitrogens is 1. The predicted molar refractivity (Wildman–Crippen MR) is 135 cm³/mol. The van der Waals surface area contributed by atoms with Crippen LogP contribution in [0.4, 0.5) is 5.69 Å². The number of para-hydroxylation sites is 2. The number of rotatable bonds is 3. The number of hydrogen-bond acceptors (Lipinski definition) is 3. The first-order chi connectivity index (χ1) is 16.3. The van der Waals surface area contributed by atoms with Crippen LogP contribution in [-0.2, 0) is 15.0 Å². The number of fused-ring (bicyclic) bond motifs is 1. The molecule has 0 spiro atoms. The van der Waals surface area contributed by atoms with Crippen molar-refractivity contribution in [1.29, 1.82) is 0 Å². The van der Waals surface area contributed by atoms with Gasteiger partial charge in [-0.25, -0.2) is 0 Å². The van der Waals surface area contributed by atoms with Gasteiger partial charge in [-0.2, -0.15) is 0 Å². The van der Waals surface area contributed by atoms with Crippen LogP contribution in [0.5, 0.6) is 0 Å². The van der Waals surface area contributed by atoms with Crippen molar-refractivity contribution in [3.05, 3.63) is 107 Å². The summed E-state index contributed by atoms with van der Waals surface area (Å²) in [5.41, 5.74) is 3.89.